The van der Waals surface area contributed by atoms with Gasteiger partial charge in [-0.05, 0) is 12.1 Å². The van der Waals surface area contributed by atoms with Gasteiger partial charge in [0, 0.05) is 40.8 Å². The minimum Gasteiger partial charge on any atom is -0.466 e. The standard InChI is InChI=1S/C16H17NO4S/c1-11(18)17-14-10-12(16(19)21-2)8-9-15(14)22(20)13-6-4-3-5-7-13/h3-8H,9-10H2,1-2H3,(H,17,18). The first-order chi connectivity index (χ1) is 10.5. The fourth-order valence-electron chi connectivity index (χ4n) is 2.19. The highest BCUT2D eigenvalue weighted by Gasteiger charge is 2.24. The Hall–Kier alpha value is -2.21. The van der Waals surface area contributed by atoms with E-state index in [-0.39, 0.29) is 12.3 Å². The minimum atomic E-state index is -1.38. The molecule has 0 aliphatic heterocycles. The molecule has 0 saturated carbocycles. The number of hydrogen-bond donors (Lipinski definition) is 1. The monoisotopic (exact) mass is 319 g/mol. The van der Waals surface area contributed by atoms with E-state index in [4.69, 9.17) is 4.74 Å². The molecule has 116 valence electrons. The van der Waals surface area contributed by atoms with Crippen LogP contribution in [0.25, 0.3) is 0 Å². The van der Waals surface area contributed by atoms with Crippen molar-refractivity contribution in [3.8, 4) is 0 Å². The van der Waals surface area contributed by atoms with Gasteiger partial charge in [0.15, 0.2) is 0 Å². The number of methoxy groups -OCH3 is 1. The molecule has 1 aliphatic rings. The smallest absolute Gasteiger partial charge is 0.333 e. The second kappa shape index (κ2) is 7.17. The van der Waals surface area contributed by atoms with Gasteiger partial charge in [0.2, 0.25) is 5.91 Å². The van der Waals surface area contributed by atoms with Gasteiger partial charge in [0.25, 0.3) is 0 Å². The zero-order valence-corrected chi connectivity index (χ0v) is 13.2. The van der Waals surface area contributed by atoms with Crippen molar-refractivity contribution in [2.45, 2.75) is 24.7 Å². The summed E-state index contributed by atoms with van der Waals surface area (Å²) in [4.78, 5) is 24.3. The van der Waals surface area contributed by atoms with Gasteiger partial charge >= 0.3 is 5.97 Å². The van der Waals surface area contributed by atoms with Crippen molar-refractivity contribution in [1.29, 1.82) is 0 Å². The van der Waals surface area contributed by atoms with Crippen molar-refractivity contribution in [1.82, 2.24) is 5.32 Å². The number of benzene rings is 1. The third-order valence-electron chi connectivity index (χ3n) is 3.19. The van der Waals surface area contributed by atoms with Crippen LogP contribution in [-0.4, -0.2) is 23.2 Å². The summed E-state index contributed by atoms with van der Waals surface area (Å²) in [5.74, 6) is -0.698. The second-order valence-corrected chi connectivity index (χ2v) is 6.27. The van der Waals surface area contributed by atoms with Crippen molar-refractivity contribution in [2.75, 3.05) is 7.11 Å². The van der Waals surface area contributed by atoms with Gasteiger partial charge < -0.3 is 10.1 Å². The summed E-state index contributed by atoms with van der Waals surface area (Å²) >= 11 is 0. The molecule has 6 heteroatoms. The van der Waals surface area contributed by atoms with E-state index in [9.17, 15) is 13.8 Å². The molecule has 0 fully saturated rings. The Bertz CT molecular complexity index is 677. The van der Waals surface area contributed by atoms with Gasteiger partial charge in [0.05, 0.1) is 17.9 Å². The summed E-state index contributed by atoms with van der Waals surface area (Å²) in [6.45, 7) is 1.38. The summed E-state index contributed by atoms with van der Waals surface area (Å²) in [6, 6.07) is 9.01. The fourth-order valence-corrected chi connectivity index (χ4v) is 3.46. The van der Waals surface area contributed by atoms with Crippen molar-refractivity contribution in [3.05, 3.63) is 52.6 Å². The van der Waals surface area contributed by atoms with Crippen LogP contribution in [0.4, 0.5) is 0 Å². The molecule has 1 aromatic rings. The highest BCUT2D eigenvalue weighted by atomic mass is 32.2. The Labute approximate surface area is 131 Å². The van der Waals surface area contributed by atoms with E-state index >= 15 is 0 Å². The molecule has 0 saturated heterocycles. The maximum absolute atomic E-state index is 12.7. The highest BCUT2D eigenvalue weighted by molar-refractivity contribution is 7.89. The molecule has 1 N–H and O–H groups in total. The number of amides is 1. The molecule has 1 unspecified atom stereocenters. The first-order valence-electron chi connectivity index (χ1n) is 6.76. The molecule has 22 heavy (non-hydrogen) atoms. The van der Waals surface area contributed by atoms with Crippen LogP contribution in [0, 0.1) is 0 Å². The van der Waals surface area contributed by atoms with Crippen LogP contribution in [0.2, 0.25) is 0 Å². The molecule has 1 aliphatic carbocycles. The maximum atomic E-state index is 12.7. The van der Waals surface area contributed by atoms with Gasteiger partial charge in [-0.15, -0.1) is 0 Å². The summed E-state index contributed by atoms with van der Waals surface area (Å²) in [7, 11) is -0.0701. The zero-order valence-electron chi connectivity index (χ0n) is 12.4. The number of ether oxygens (including phenoxy) is 1. The molecular formula is C16H17NO4S. The summed E-state index contributed by atoms with van der Waals surface area (Å²) in [6.07, 6.45) is 2.25. The van der Waals surface area contributed by atoms with Crippen molar-refractivity contribution < 1.29 is 18.5 Å². The van der Waals surface area contributed by atoms with E-state index in [1.807, 2.05) is 18.2 Å². The number of rotatable bonds is 4. The summed E-state index contributed by atoms with van der Waals surface area (Å²) < 4.78 is 17.4. The first kappa shape index (κ1) is 16.2. The normalized spacial score (nSPS) is 15.8. The molecule has 1 aromatic carbocycles. The Morgan fingerprint density at radius 1 is 1.23 bits per heavy atom. The van der Waals surface area contributed by atoms with Crippen molar-refractivity contribution in [3.63, 3.8) is 0 Å². The highest BCUT2D eigenvalue weighted by Crippen LogP contribution is 2.29. The van der Waals surface area contributed by atoms with Crippen molar-refractivity contribution >= 4 is 22.7 Å². The Morgan fingerprint density at radius 3 is 2.50 bits per heavy atom. The maximum Gasteiger partial charge on any atom is 0.333 e. The average molecular weight is 319 g/mol. The van der Waals surface area contributed by atoms with Crippen LogP contribution in [0.5, 0.6) is 0 Å². The topological polar surface area (TPSA) is 72.5 Å². The third kappa shape index (κ3) is 3.71. The first-order valence-corrected chi connectivity index (χ1v) is 7.91. The lowest BCUT2D eigenvalue weighted by molar-refractivity contribution is -0.136. The van der Waals surface area contributed by atoms with Crippen LogP contribution >= 0.6 is 0 Å². The number of hydrogen-bond acceptors (Lipinski definition) is 4. The lowest BCUT2D eigenvalue weighted by atomic mass is 10.0. The van der Waals surface area contributed by atoms with Gasteiger partial charge in [-0.3, -0.25) is 4.79 Å². The summed E-state index contributed by atoms with van der Waals surface area (Å²) in [5, 5.41) is 2.69. The lowest BCUT2D eigenvalue weighted by Gasteiger charge is -2.20. The average Bonchev–Trinajstić information content (AvgIpc) is 2.53. The van der Waals surface area contributed by atoms with Gasteiger partial charge in [-0.2, -0.15) is 0 Å². The van der Waals surface area contributed by atoms with Crippen LogP contribution in [0.15, 0.2) is 57.5 Å². The van der Waals surface area contributed by atoms with Crippen molar-refractivity contribution in [2.24, 2.45) is 0 Å². The SMILES string of the molecule is COC(=O)C1=CCC(S(=O)c2ccccc2)=C(NC(C)=O)C1. The van der Waals surface area contributed by atoms with Crippen LogP contribution in [-0.2, 0) is 25.1 Å². The number of carbonyl (C=O) groups is 2. The van der Waals surface area contributed by atoms with Gasteiger partial charge in [-0.1, -0.05) is 24.3 Å². The fraction of sp³-hybridized carbons (Fsp3) is 0.250. The van der Waals surface area contributed by atoms with E-state index in [1.54, 1.807) is 18.2 Å². The Morgan fingerprint density at radius 2 is 1.91 bits per heavy atom. The molecular weight excluding hydrogens is 302 g/mol. The third-order valence-corrected chi connectivity index (χ3v) is 4.75. The summed E-state index contributed by atoms with van der Waals surface area (Å²) in [5.41, 5.74) is 0.970. The van der Waals surface area contributed by atoms with Crippen LogP contribution in [0.1, 0.15) is 19.8 Å². The molecule has 0 heterocycles. The minimum absolute atomic E-state index is 0.208. The number of allylic oxidation sites excluding steroid dienone is 3. The molecule has 1 atom stereocenters. The number of esters is 1. The predicted molar refractivity (Wildman–Crippen MR) is 83.0 cm³/mol. The second-order valence-electron chi connectivity index (χ2n) is 4.77. The van der Waals surface area contributed by atoms with E-state index in [2.05, 4.69) is 5.32 Å². The van der Waals surface area contributed by atoms with Crippen LogP contribution in [0.3, 0.4) is 0 Å². The Kier molecular flexibility index (Phi) is 5.27. The predicted octanol–water partition coefficient (Wildman–Crippen LogP) is 2.04. The van der Waals surface area contributed by atoms with Gasteiger partial charge in [-0.25, -0.2) is 9.00 Å². The van der Waals surface area contributed by atoms with E-state index in [0.29, 0.717) is 27.5 Å². The molecule has 0 bridgehead atoms. The van der Waals surface area contributed by atoms with E-state index in [1.165, 1.54) is 14.0 Å². The largest absolute Gasteiger partial charge is 0.466 e. The lowest BCUT2D eigenvalue weighted by Crippen LogP contribution is -2.25. The molecule has 0 radical (unpaired) electrons. The number of nitrogens with one attached hydrogen (secondary N) is 1. The molecule has 2 rings (SSSR count). The zero-order chi connectivity index (χ0) is 16.1. The molecule has 0 spiro atoms. The van der Waals surface area contributed by atoms with E-state index in [0.717, 1.165) is 0 Å². The Balaban J connectivity index is 2.33. The van der Waals surface area contributed by atoms with E-state index < -0.39 is 16.8 Å². The molecule has 5 nitrogen and oxygen atoms in total. The van der Waals surface area contributed by atoms with Crippen LogP contribution < -0.4 is 5.32 Å². The van der Waals surface area contributed by atoms with Gasteiger partial charge in [0.1, 0.15) is 0 Å². The molecule has 0 aromatic heterocycles. The number of carbonyl (C=O) groups excluding carboxylic acids is 2. The molecule has 1 amide bonds. The quantitative estimate of drug-likeness (QED) is 0.862.